The summed E-state index contributed by atoms with van der Waals surface area (Å²) >= 11 is 0. The van der Waals surface area contributed by atoms with Crippen molar-refractivity contribution in [3.63, 3.8) is 0 Å². The number of aliphatic hydroxyl groups is 1. The van der Waals surface area contributed by atoms with Gasteiger partial charge < -0.3 is 10.0 Å². The smallest absolute Gasteiger partial charge is 0.389 e. The number of hydrogen-bond donors (Lipinski definition) is 1. The van der Waals surface area contributed by atoms with Gasteiger partial charge in [-0.3, -0.25) is 0 Å². The van der Waals surface area contributed by atoms with Crippen LogP contribution in [0.4, 0.5) is 13.2 Å². The van der Waals surface area contributed by atoms with Crippen LogP contribution in [0.1, 0.15) is 43.2 Å². The Morgan fingerprint density at radius 2 is 1.68 bits per heavy atom. The third-order valence-corrected chi connectivity index (χ3v) is 5.27. The molecular weight excluding hydrogens is 291 g/mol. The second kappa shape index (κ2) is 5.53. The predicted molar refractivity (Wildman–Crippen MR) is 78.5 cm³/mol. The highest BCUT2D eigenvalue weighted by Crippen LogP contribution is 2.40. The Morgan fingerprint density at radius 1 is 1.14 bits per heavy atom. The van der Waals surface area contributed by atoms with Crippen molar-refractivity contribution in [3.8, 4) is 0 Å². The van der Waals surface area contributed by atoms with Gasteiger partial charge in [-0.15, -0.1) is 0 Å². The summed E-state index contributed by atoms with van der Waals surface area (Å²) in [7, 11) is 2.12. The Bertz CT molecular complexity index is 512. The van der Waals surface area contributed by atoms with E-state index in [1.807, 2.05) is 0 Å². The van der Waals surface area contributed by atoms with Crippen molar-refractivity contribution < 1.29 is 18.3 Å². The molecule has 2 fully saturated rings. The van der Waals surface area contributed by atoms with Crippen LogP contribution in [0, 0.1) is 0 Å². The zero-order valence-electron chi connectivity index (χ0n) is 12.7. The second-order valence-electron chi connectivity index (χ2n) is 6.91. The molecule has 5 heteroatoms. The van der Waals surface area contributed by atoms with E-state index in [-0.39, 0.29) is 0 Å². The monoisotopic (exact) mass is 313 g/mol. The Balaban J connectivity index is 1.72. The van der Waals surface area contributed by atoms with Crippen molar-refractivity contribution in [1.29, 1.82) is 0 Å². The van der Waals surface area contributed by atoms with Crippen molar-refractivity contribution >= 4 is 0 Å². The van der Waals surface area contributed by atoms with Crippen molar-refractivity contribution in [2.45, 2.75) is 62.4 Å². The number of piperidine rings is 2. The first-order valence-corrected chi connectivity index (χ1v) is 7.87. The molecule has 2 saturated heterocycles. The van der Waals surface area contributed by atoms with E-state index in [2.05, 4.69) is 11.9 Å². The number of halogens is 3. The van der Waals surface area contributed by atoms with Gasteiger partial charge in [0.1, 0.15) is 0 Å². The number of hydrogen-bond acceptors (Lipinski definition) is 2. The lowest BCUT2D eigenvalue weighted by Gasteiger charge is -2.50. The number of rotatable bonds is 2. The fourth-order valence-corrected chi connectivity index (χ4v) is 4.08. The molecular formula is C17H22F3NO. The highest BCUT2D eigenvalue weighted by molar-refractivity contribution is 5.26. The minimum atomic E-state index is -4.31. The van der Waals surface area contributed by atoms with Crippen LogP contribution >= 0.6 is 0 Å². The van der Waals surface area contributed by atoms with Gasteiger partial charge in [0.25, 0.3) is 0 Å². The second-order valence-corrected chi connectivity index (χ2v) is 6.91. The van der Waals surface area contributed by atoms with Crippen LogP contribution in [0.2, 0.25) is 0 Å². The van der Waals surface area contributed by atoms with E-state index in [9.17, 15) is 18.3 Å². The van der Waals surface area contributed by atoms with Crippen LogP contribution in [-0.2, 0) is 12.6 Å². The van der Waals surface area contributed by atoms with Gasteiger partial charge in [-0.2, -0.15) is 13.2 Å². The zero-order chi connectivity index (χ0) is 16.0. The van der Waals surface area contributed by atoms with Crippen LogP contribution in [0.5, 0.6) is 0 Å². The molecule has 2 unspecified atom stereocenters. The lowest BCUT2D eigenvalue weighted by Crippen LogP contribution is -2.57. The van der Waals surface area contributed by atoms with Gasteiger partial charge in [0.05, 0.1) is 11.2 Å². The van der Waals surface area contributed by atoms with Gasteiger partial charge in [-0.05, 0) is 50.4 Å². The minimum Gasteiger partial charge on any atom is -0.389 e. The molecule has 1 N–H and O–H groups in total. The maximum Gasteiger partial charge on any atom is 0.416 e. The van der Waals surface area contributed by atoms with Gasteiger partial charge in [0, 0.05) is 18.5 Å². The standard InChI is InChI=1S/C17H22F3NO/c1-21-14-3-2-4-15(21)11-16(22,10-14)9-12-5-7-13(8-6-12)17(18,19)20/h5-8,14-15,22H,2-4,9-11H2,1H3. The van der Waals surface area contributed by atoms with E-state index in [4.69, 9.17) is 0 Å². The normalized spacial score (nSPS) is 33.0. The van der Waals surface area contributed by atoms with Crippen molar-refractivity contribution in [2.24, 2.45) is 0 Å². The summed E-state index contributed by atoms with van der Waals surface area (Å²) in [6.07, 6.45) is 0.953. The van der Waals surface area contributed by atoms with Crippen LogP contribution in [0.3, 0.4) is 0 Å². The van der Waals surface area contributed by atoms with Gasteiger partial charge >= 0.3 is 6.18 Å². The molecule has 0 spiro atoms. The highest BCUT2D eigenvalue weighted by atomic mass is 19.4. The van der Waals surface area contributed by atoms with Gasteiger partial charge in [0.2, 0.25) is 0 Å². The highest BCUT2D eigenvalue weighted by Gasteiger charge is 2.43. The summed E-state index contributed by atoms with van der Waals surface area (Å²) in [5, 5.41) is 10.9. The molecule has 2 heterocycles. The molecule has 22 heavy (non-hydrogen) atoms. The van der Waals surface area contributed by atoms with Crippen LogP contribution in [0.15, 0.2) is 24.3 Å². The summed E-state index contributed by atoms with van der Waals surface area (Å²) in [5.74, 6) is 0. The predicted octanol–water partition coefficient (Wildman–Crippen LogP) is 3.63. The van der Waals surface area contributed by atoms with Crippen LogP contribution < -0.4 is 0 Å². The summed E-state index contributed by atoms with van der Waals surface area (Å²) in [6, 6.07) is 5.99. The first kappa shape index (κ1) is 15.8. The topological polar surface area (TPSA) is 23.5 Å². The summed E-state index contributed by atoms with van der Waals surface area (Å²) in [6.45, 7) is 0. The molecule has 2 aliphatic heterocycles. The number of benzene rings is 1. The fraction of sp³-hybridized carbons (Fsp3) is 0.647. The molecule has 0 saturated carbocycles. The van der Waals surface area contributed by atoms with Gasteiger partial charge in [-0.1, -0.05) is 18.6 Å². The average Bonchev–Trinajstić information content (AvgIpc) is 2.40. The SMILES string of the molecule is CN1C2CCCC1CC(O)(Cc1ccc(C(F)(F)F)cc1)C2. The molecule has 2 aliphatic rings. The van der Waals surface area contributed by atoms with Crippen molar-refractivity contribution in [1.82, 2.24) is 4.90 Å². The maximum absolute atomic E-state index is 12.6. The maximum atomic E-state index is 12.6. The Morgan fingerprint density at radius 3 is 2.18 bits per heavy atom. The van der Waals surface area contributed by atoms with E-state index < -0.39 is 17.3 Å². The molecule has 2 bridgehead atoms. The Kier molecular flexibility index (Phi) is 3.98. The average molecular weight is 313 g/mol. The Labute approximate surface area is 128 Å². The zero-order valence-corrected chi connectivity index (χ0v) is 12.7. The van der Waals surface area contributed by atoms with Gasteiger partial charge in [0.15, 0.2) is 0 Å². The van der Waals surface area contributed by atoms with E-state index >= 15 is 0 Å². The largest absolute Gasteiger partial charge is 0.416 e. The number of alkyl halides is 3. The fourth-order valence-electron chi connectivity index (χ4n) is 4.08. The molecule has 0 aromatic heterocycles. The van der Waals surface area contributed by atoms with E-state index in [0.29, 0.717) is 31.3 Å². The molecule has 3 rings (SSSR count). The number of fused-ring (bicyclic) bond motifs is 2. The summed E-state index contributed by atoms with van der Waals surface area (Å²) in [4.78, 5) is 2.37. The van der Waals surface area contributed by atoms with Crippen molar-refractivity contribution in [3.05, 3.63) is 35.4 Å². The van der Waals surface area contributed by atoms with E-state index in [0.717, 1.165) is 30.5 Å². The van der Waals surface area contributed by atoms with Crippen molar-refractivity contribution in [2.75, 3.05) is 7.05 Å². The first-order chi connectivity index (χ1) is 10.3. The number of nitrogens with zero attached hydrogens (tertiary/aromatic N) is 1. The molecule has 122 valence electrons. The van der Waals surface area contributed by atoms with E-state index in [1.165, 1.54) is 18.6 Å². The first-order valence-electron chi connectivity index (χ1n) is 7.87. The molecule has 0 radical (unpaired) electrons. The summed E-state index contributed by atoms with van der Waals surface area (Å²) < 4.78 is 37.8. The lowest BCUT2D eigenvalue weighted by molar-refractivity contribution is -0.137. The molecule has 2 nitrogen and oxygen atoms in total. The molecule has 1 aromatic carbocycles. The molecule has 1 aromatic rings. The minimum absolute atomic E-state index is 0.395. The quantitative estimate of drug-likeness (QED) is 0.901. The van der Waals surface area contributed by atoms with Crippen LogP contribution in [0.25, 0.3) is 0 Å². The van der Waals surface area contributed by atoms with Gasteiger partial charge in [-0.25, -0.2) is 0 Å². The third kappa shape index (κ3) is 3.15. The van der Waals surface area contributed by atoms with Crippen LogP contribution in [-0.4, -0.2) is 34.7 Å². The third-order valence-electron chi connectivity index (χ3n) is 5.27. The molecule has 0 aliphatic carbocycles. The molecule has 0 amide bonds. The Hall–Kier alpha value is -1.07. The lowest BCUT2D eigenvalue weighted by atomic mass is 9.73. The molecule has 2 atom stereocenters. The summed E-state index contributed by atoms with van der Waals surface area (Å²) in [5.41, 5.74) is -0.649. The van der Waals surface area contributed by atoms with E-state index in [1.54, 1.807) is 0 Å².